The molecule has 0 atom stereocenters. The van der Waals surface area contributed by atoms with Crippen LogP contribution in [0.2, 0.25) is 0 Å². The summed E-state index contributed by atoms with van der Waals surface area (Å²) in [7, 11) is 0. The summed E-state index contributed by atoms with van der Waals surface area (Å²) in [4.78, 5) is 0. The van der Waals surface area contributed by atoms with Crippen molar-refractivity contribution < 1.29 is 0 Å². The number of rotatable bonds is 5. The summed E-state index contributed by atoms with van der Waals surface area (Å²) in [6, 6.07) is 0. The van der Waals surface area contributed by atoms with Crippen LogP contribution in [0.3, 0.4) is 0 Å². The molecule has 1 aliphatic rings. The maximum Gasteiger partial charge on any atom is 0.205 e. The van der Waals surface area contributed by atoms with Crippen LogP contribution < -0.4 is 10.6 Å². The van der Waals surface area contributed by atoms with E-state index >= 15 is 0 Å². The van der Waals surface area contributed by atoms with E-state index in [4.69, 9.17) is 0 Å². The maximum absolute atomic E-state index is 4.21. The van der Waals surface area contributed by atoms with Crippen molar-refractivity contribution >= 4 is 16.5 Å². The Morgan fingerprint density at radius 3 is 2.82 bits per heavy atom. The quantitative estimate of drug-likeness (QED) is 0.845. The molecule has 0 saturated carbocycles. The van der Waals surface area contributed by atoms with E-state index in [-0.39, 0.29) is 0 Å². The molecular weight excluding hydrogens is 232 g/mol. The van der Waals surface area contributed by atoms with E-state index in [0.717, 1.165) is 42.1 Å². The van der Waals surface area contributed by atoms with Crippen molar-refractivity contribution in [2.24, 2.45) is 11.8 Å². The summed E-state index contributed by atoms with van der Waals surface area (Å²) in [5.74, 6) is 1.44. The van der Waals surface area contributed by atoms with Gasteiger partial charge >= 0.3 is 0 Å². The van der Waals surface area contributed by atoms with Gasteiger partial charge in [-0.1, -0.05) is 25.2 Å². The highest BCUT2D eigenvalue weighted by Crippen LogP contribution is 2.19. The molecule has 0 unspecified atom stereocenters. The van der Waals surface area contributed by atoms with Gasteiger partial charge in [0.05, 0.1) is 0 Å². The van der Waals surface area contributed by atoms with Gasteiger partial charge in [-0.3, -0.25) is 0 Å². The fourth-order valence-corrected chi connectivity index (χ4v) is 3.03. The number of hydrogen-bond donors (Lipinski definition) is 2. The van der Waals surface area contributed by atoms with E-state index in [1.807, 2.05) is 0 Å². The second kappa shape index (κ2) is 6.31. The molecule has 0 aromatic carbocycles. The Kier molecular flexibility index (Phi) is 4.74. The Morgan fingerprint density at radius 2 is 2.12 bits per heavy atom. The summed E-state index contributed by atoms with van der Waals surface area (Å²) in [6.07, 6.45) is 3.57. The van der Waals surface area contributed by atoms with Gasteiger partial charge in [0.2, 0.25) is 5.13 Å². The first-order valence-electron chi connectivity index (χ1n) is 6.51. The minimum atomic E-state index is 0.653. The van der Waals surface area contributed by atoms with Crippen LogP contribution >= 0.6 is 11.3 Å². The molecule has 0 spiro atoms. The summed E-state index contributed by atoms with van der Waals surface area (Å²) < 4.78 is 0. The van der Waals surface area contributed by atoms with Gasteiger partial charge < -0.3 is 10.6 Å². The molecule has 2 heterocycles. The van der Waals surface area contributed by atoms with Crippen LogP contribution in [0.4, 0.5) is 5.13 Å². The van der Waals surface area contributed by atoms with Gasteiger partial charge in [-0.05, 0) is 37.8 Å². The molecule has 5 heteroatoms. The lowest BCUT2D eigenvalue weighted by molar-refractivity contribution is 0.390. The topological polar surface area (TPSA) is 49.8 Å². The Bertz CT molecular complexity index is 331. The fraction of sp³-hybridized carbons (Fsp3) is 0.833. The Labute approximate surface area is 107 Å². The highest BCUT2D eigenvalue weighted by molar-refractivity contribution is 7.15. The number of hydrogen-bond acceptors (Lipinski definition) is 5. The van der Waals surface area contributed by atoms with Crippen molar-refractivity contribution in [1.29, 1.82) is 0 Å². The van der Waals surface area contributed by atoms with Gasteiger partial charge in [-0.25, -0.2) is 0 Å². The predicted octanol–water partition coefficient (Wildman–Crippen LogP) is 2.15. The SMILES string of the molecule is CC(C)Cc1nnc(NCC2CCNCC2)s1. The number of nitrogens with one attached hydrogen (secondary N) is 2. The third-order valence-electron chi connectivity index (χ3n) is 3.05. The van der Waals surface area contributed by atoms with Gasteiger partial charge in [-0.15, -0.1) is 10.2 Å². The molecule has 0 radical (unpaired) electrons. The molecule has 17 heavy (non-hydrogen) atoms. The zero-order valence-corrected chi connectivity index (χ0v) is 11.5. The first-order chi connectivity index (χ1) is 8.24. The summed E-state index contributed by atoms with van der Waals surface area (Å²) in [6.45, 7) is 7.77. The summed E-state index contributed by atoms with van der Waals surface area (Å²) >= 11 is 1.70. The van der Waals surface area contributed by atoms with Crippen LogP contribution in [-0.2, 0) is 6.42 Å². The first-order valence-corrected chi connectivity index (χ1v) is 7.32. The lowest BCUT2D eigenvalue weighted by Crippen LogP contribution is -2.31. The van der Waals surface area contributed by atoms with Crippen LogP contribution in [0.15, 0.2) is 0 Å². The Balaban J connectivity index is 1.76. The average molecular weight is 254 g/mol. The first kappa shape index (κ1) is 12.8. The normalized spacial score (nSPS) is 17.6. The van der Waals surface area contributed by atoms with Gasteiger partial charge in [-0.2, -0.15) is 0 Å². The minimum absolute atomic E-state index is 0.653. The third-order valence-corrected chi connectivity index (χ3v) is 3.95. The zero-order chi connectivity index (χ0) is 12.1. The highest BCUT2D eigenvalue weighted by atomic mass is 32.1. The number of piperidine rings is 1. The molecule has 2 N–H and O–H groups in total. The lowest BCUT2D eigenvalue weighted by atomic mass is 9.98. The molecule has 1 fully saturated rings. The Hall–Kier alpha value is -0.680. The average Bonchev–Trinajstić information content (AvgIpc) is 2.75. The fourth-order valence-electron chi connectivity index (χ4n) is 2.07. The van der Waals surface area contributed by atoms with Crippen molar-refractivity contribution in [2.75, 3.05) is 25.0 Å². The van der Waals surface area contributed by atoms with Crippen molar-refractivity contribution in [3.8, 4) is 0 Å². The molecule has 1 saturated heterocycles. The van der Waals surface area contributed by atoms with E-state index in [1.165, 1.54) is 12.8 Å². The van der Waals surface area contributed by atoms with Crippen molar-refractivity contribution in [1.82, 2.24) is 15.5 Å². The van der Waals surface area contributed by atoms with Crippen LogP contribution in [0, 0.1) is 11.8 Å². The molecule has 1 aromatic rings. The molecule has 96 valence electrons. The standard InChI is InChI=1S/C12H22N4S/c1-9(2)7-11-15-16-12(17-11)14-8-10-3-5-13-6-4-10/h9-10,13H,3-8H2,1-2H3,(H,14,16). The maximum atomic E-state index is 4.21. The van der Waals surface area contributed by atoms with Gasteiger partial charge in [0, 0.05) is 13.0 Å². The van der Waals surface area contributed by atoms with Crippen LogP contribution in [0.5, 0.6) is 0 Å². The highest BCUT2D eigenvalue weighted by Gasteiger charge is 2.13. The van der Waals surface area contributed by atoms with E-state index in [2.05, 4.69) is 34.7 Å². The van der Waals surface area contributed by atoms with Crippen LogP contribution in [0.25, 0.3) is 0 Å². The molecule has 1 aliphatic heterocycles. The number of aromatic nitrogens is 2. The third kappa shape index (κ3) is 4.24. The van der Waals surface area contributed by atoms with Crippen LogP contribution in [-0.4, -0.2) is 29.8 Å². The second-order valence-electron chi connectivity index (χ2n) is 5.17. The molecule has 4 nitrogen and oxygen atoms in total. The second-order valence-corrected chi connectivity index (χ2v) is 6.24. The predicted molar refractivity (Wildman–Crippen MR) is 72.5 cm³/mol. The molecule has 0 amide bonds. The Morgan fingerprint density at radius 1 is 1.35 bits per heavy atom. The lowest BCUT2D eigenvalue weighted by Gasteiger charge is -2.22. The van der Waals surface area contributed by atoms with Crippen molar-refractivity contribution in [2.45, 2.75) is 33.1 Å². The van der Waals surface area contributed by atoms with Crippen molar-refractivity contribution in [3.05, 3.63) is 5.01 Å². The summed E-state index contributed by atoms with van der Waals surface area (Å²) in [5.41, 5.74) is 0. The van der Waals surface area contributed by atoms with E-state index in [1.54, 1.807) is 11.3 Å². The van der Waals surface area contributed by atoms with Crippen LogP contribution in [0.1, 0.15) is 31.7 Å². The van der Waals surface area contributed by atoms with Gasteiger partial charge in [0.25, 0.3) is 0 Å². The van der Waals surface area contributed by atoms with Gasteiger partial charge in [0.1, 0.15) is 5.01 Å². The molecule has 0 bridgehead atoms. The molecule has 1 aromatic heterocycles. The molecular formula is C12H22N4S. The van der Waals surface area contributed by atoms with E-state index in [0.29, 0.717) is 5.92 Å². The minimum Gasteiger partial charge on any atom is -0.360 e. The monoisotopic (exact) mass is 254 g/mol. The molecule has 2 rings (SSSR count). The molecule has 0 aliphatic carbocycles. The smallest absolute Gasteiger partial charge is 0.205 e. The number of anilines is 1. The van der Waals surface area contributed by atoms with E-state index in [9.17, 15) is 0 Å². The number of nitrogens with zero attached hydrogens (tertiary/aromatic N) is 2. The largest absolute Gasteiger partial charge is 0.360 e. The van der Waals surface area contributed by atoms with Crippen molar-refractivity contribution in [3.63, 3.8) is 0 Å². The zero-order valence-electron chi connectivity index (χ0n) is 10.7. The summed E-state index contributed by atoms with van der Waals surface area (Å²) in [5, 5.41) is 17.4. The van der Waals surface area contributed by atoms with E-state index < -0.39 is 0 Å². The van der Waals surface area contributed by atoms with Gasteiger partial charge in [0.15, 0.2) is 0 Å².